The van der Waals surface area contributed by atoms with E-state index in [1.807, 2.05) is 0 Å². The Balaban J connectivity index is 1.77. The van der Waals surface area contributed by atoms with Gasteiger partial charge in [0.05, 0.1) is 0 Å². The Labute approximate surface area is 123 Å². The molecular formula is C17H18BrN. The molecule has 1 aliphatic carbocycles. The molecule has 0 saturated heterocycles. The topological polar surface area (TPSA) is 26.0 Å². The molecule has 1 atom stereocenters. The number of hydrogen-bond acceptors (Lipinski definition) is 1. The maximum absolute atomic E-state index is 6.50. The smallest absolute Gasteiger partial charge is 0.0177 e. The Bertz CT molecular complexity index is 543. The van der Waals surface area contributed by atoms with Crippen molar-refractivity contribution < 1.29 is 0 Å². The maximum Gasteiger partial charge on any atom is 0.0177 e. The highest BCUT2D eigenvalue weighted by atomic mass is 79.9. The lowest BCUT2D eigenvalue weighted by Crippen LogP contribution is -2.36. The minimum atomic E-state index is 0.205. The minimum Gasteiger partial charge on any atom is -0.327 e. The van der Waals surface area contributed by atoms with Crippen LogP contribution in [0.25, 0.3) is 0 Å². The van der Waals surface area contributed by atoms with Crippen molar-refractivity contribution in [2.24, 2.45) is 5.73 Å². The number of halogens is 1. The van der Waals surface area contributed by atoms with Crippen LogP contribution in [0.15, 0.2) is 59.1 Å². The lowest BCUT2D eigenvalue weighted by Gasteiger charge is -2.24. The summed E-state index contributed by atoms with van der Waals surface area (Å²) in [6.45, 7) is 0. The van der Waals surface area contributed by atoms with Crippen molar-refractivity contribution in [3.8, 4) is 0 Å². The zero-order chi connectivity index (χ0) is 13.3. The summed E-state index contributed by atoms with van der Waals surface area (Å²) in [4.78, 5) is 0. The van der Waals surface area contributed by atoms with Crippen LogP contribution in [-0.2, 0) is 11.8 Å². The molecule has 0 aromatic heterocycles. The third kappa shape index (κ3) is 2.60. The SMILES string of the molecule is NC(Cc1ccc(Br)cc1)C1(c2ccccc2)CC1. The first-order valence-electron chi connectivity index (χ1n) is 6.76. The normalized spacial score (nSPS) is 18.0. The first-order valence-corrected chi connectivity index (χ1v) is 7.55. The van der Waals surface area contributed by atoms with E-state index < -0.39 is 0 Å². The largest absolute Gasteiger partial charge is 0.327 e. The van der Waals surface area contributed by atoms with Gasteiger partial charge in [0.2, 0.25) is 0 Å². The van der Waals surface area contributed by atoms with Gasteiger partial charge < -0.3 is 5.73 Å². The molecular weight excluding hydrogens is 298 g/mol. The molecule has 98 valence electrons. The molecule has 19 heavy (non-hydrogen) atoms. The highest BCUT2D eigenvalue weighted by Crippen LogP contribution is 2.50. The Morgan fingerprint density at radius 3 is 2.21 bits per heavy atom. The third-order valence-corrected chi connectivity index (χ3v) is 4.74. The van der Waals surface area contributed by atoms with Gasteiger partial charge in [0.25, 0.3) is 0 Å². The zero-order valence-corrected chi connectivity index (χ0v) is 12.4. The molecule has 0 radical (unpaired) electrons. The van der Waals surface area contributed by atoms with Crippen molar-refractivity contribution in [1.29, 1.82) is 0 Å². The van der Waals surface area contributed by atoms with E-state index >= 15 is 0 Å². The summed E-state index contributed by atoms with van der Waals surface area (Å²) >= 11 is 3.47. The molecule has 0 spiro atoms. The second-order valence-electron chi connectivity index (χ2n) is 5.46. The molecule has 3 rings (SSSR count). The highest BCUT2D eigenvalue weighted by molar-refractivity contribution is 9.10. The average Bonchev–Trinajstić information content (AvgIpc) is 3.24. The van der Waals surface area contributed by atoms with Crippen molar-refractivity contribution in [3.63, 3.8) is 0 Å². The van der Waals surface area contributed by atoms with Crippen molar-refractivity contribution in [2.75, 3.05) is 0 Å². The maximum atomic E-state index is 6.50. The Kier molecular flexibility index (Phi) is 3.46. The van der Waals surface area contributed by atoms with Gasteiger partial charge in [-0.25, -0.2) is 0 Å². The summed E-state index contributed by atoms with van der Waals surface area (Å²) in [6.07, 6.45) is 3.38. The molecule has 0 heterocycles. The first-order chi connectivity index (χ1) is 9.21. The molecule has 2 heteroatoms. The van der Waals surface area contributed by atoms with E-state index in [-0.39, 0.29) is 11.5 Å². The fraction of sp³-hybridized carbons (Fsp3) is 0.294. The van der Waals surface area contributed by atoms with E-state index in [2.05, 4.69) is 70.5 Å². The minimum absolute atomic E-state index is 0.205. The van der Waals surface area contributed by atoms with Crippen molar-refractivity contribution in [3.05, 3.63) is 70.2 Å². The van der Waals surface area contributed by atoms with E-state index in [1.165, 1.54) is 24.0 Å². The van der Waals surface area contributed by atoms with Gasteiger partial charge in [0.15, 0.2) is 0 Å². The average molecular weight is 316 g/mol. The van der Waals surface area contributed by atoms with Crippen LogP contribution in [0.3, 0.4) is 0 Å². The first kappa shape index (κ1) is 12.9. The van der Waals surface area contributed by atoms with Crippen molar-refractivity contribution in [1.82, 2.24) is 0 Å². The summed E-state index contributed by atoms with van der Waals surface area (Å²) in [5.74, 6) is 0. The number of nitrogens with two attached hydrogens (primary N) is 1. The van der Waals surface area contributed by atoms with Crippen LogP contribution in [0.4, 0.5) is 0 Å². The monoisotopic (exact) mass is 315 g/mol. The second kappa shape index (κ2) is 5.10. The van der Waals surface area contributed by atoms with Crippen LogP contribution in [-0.4, -0.2) is 6.04 Å². The molecule has 1 saturated carbocycles. The van der Waals surface area contributed by atoms with Gasteiger partial charge in [-0.2, -0.15) is 0 Å². The van der Waals surface area contributed by atoms with Gasteiger partial charge in [0, 0.05) is 15.9 Å². The fourth-order valence-electron chi connectivity index (χ4n) is 2.85. The van der Waals surface area contributed by atoms with Crippen LogP contribution in [0, 0.1) is 0 Å². The summed E-state index contributed by atoms with van der Waals surface area (Å²) in [6, 6.07) is 19.4. The molecule has 1 fully saturated rings. The predicted octanol–water partition coefficient (Wildman–Crippen LogP) is 4.05. The standard InChI is InChI=1S/C17H18BrN/c18-15-8-6-13(7-9-15)12-16(19)17(10-11-17)14-4-2-1-3-5-14/h1-9,16H,10-12,19H2. The lowest BCUT2D eigenvalue weighted by atomic mass is 9.85. The van der Waals surface area contributed by atoms with E-state index in [0.717, 1.165) is 10.9 Å². The summed E-state index contributed by atoms with van der Waals surface area (Å²) < 4.78 is 1.12. The Hall–Kier alpha value is -1.12. The van der Waals surface area contributed by atoms with Crippen LogP contribution in [0.2, 0.25) is 0 Å². The molecule has 0 bridgehead atoms. The molecule has 0 amide bonds. The zero-order valence-electron chi connectivity index (χ0n) is 10.9. The van der Waals surface area contributed by atoms with Gasteiger partial charge in [-0.1, -0.05) is 58.4 Å². The van der Waals surface area contributed by atoms with Crippen molar-refractivity contribution >= 4 is 15.9 Å². The number of rotatable bonds is 4. The van der Waals surface area contributed by atoms with Gasteiger partial charge in [-0.15, -0.1) is 0 Å². The molecule has 1 aliphatic rings. The lowest BCUT2D eigenvalue weighted by molar-refractivity contribution is 0.514. The predicted molar refractivity (Wildman–Crippen MR) is 83.2 cm³/mol. The van der Waals surface area contributed by atoms with Crippen LogP contribution in [0.1, 0.15) is 24.0 Å². The van der Waals surface area contributed by atoms with E-state index in [9.17, 15) is 0 Å². The van der Waals surface area contributed by atoms with Gasteiger partial charge >= 0.3 is 0 Å². The van der Waals surface area contributed by atoms with E-state index in [0.29, 0.717) is 0 Å². The molecule has 1 nitrogen and oxygen atoms in total. The van der Waals surface area contributed by atoms with Crippen molar-refractivity contribution in [2.45, 2.75) is 30.7 Å². The Morgan fingerprint density at radius 1 is 1.00 bits per heavy atom. The third-order valence-electron chi connectivity index (χ3n) is 4.22. The molecule has 2 aromatic rings. The quantitative estimate of drug-likeness (QED) is 0.905. The molecule has 2 aromatic carbocycles. The molecule has 0 aliphatic heterocycles. The van der Waals surface area contributed by atoms with Crippen LogP contribution >= 0.6 is 15.9 Å². The van der Waals surface area contributed by atoms with Gasteiger partial charge in [0.1, 0.15) is 0 Å². The number of benzene rings is 2. The van der Waals surface area contributed by atoms with Gasteiger partial charge in [-0.05, 0) is 42.5 Å². The van der Waals surface area contributed by atoms with Crippen LogP contribution in [0.5, 0.6) is 0 Å². The summed E-state index contributed by atoms with van der Waals surface area (Å²) in [5.41, 5.74) is 9.44. The number of hydrogen-bond donors (Lipinski definition) is 1. The molecule has 1 unspecified atom stereocenters. The van der Waals surface area contributed by atoms with E-state index in [4.69, 9.17) is 5.73 Å². The summed E-state index contributed by atoms with van der Waals surface area (Å²) in [7, 11) is 0. The second-order valence-corrected chi connectivity index (χ2v) is 6.37. The highest BCUT2D eigenvalue weighted by Gasteiger charge is 2.48. The summed E-state index contributed by atoms with van der Waals surface area (Å²) in [5, 5.41) is 0. The fourth-order valence-corrected chi connectivity index (χ4v) is 3.11. The Morgan fingerprint density at radius 2 is 1.63 bits per heavy atom. The van der Waals surface area contributed by atoms with Crippen LogP contribution < -0.4 is 5.73 Å². The molecule has 2 N–H and O–H groups in total. The van der Waals surface area contributed by atoms with E-state index in [1.54, 1.807) is 0 Å². The van der Waals surface area contributed by atoms with Gasteiger partial charge in [-0.3, -0.25) is 0 Å².